The molecule has 2 aliphatic heterocycles. The lowest BCUT2D eigenvalue weighted by Crippen LogP contribution is -2.54. The van der Waals surface area contributed by atoms with Crippen molar-refractivity contribution in [2.75, 3.05) is 30.2 Å². The number of amides is 2. The molecule has 1 spiro atoms. The Hall–Kier alpha value is -2.78. The molecule has 1 fully saturated rings. The maximum atomic E-state index is 13.7. The molecule has 10 heteroatoms. The van der Waals surface area contributed by atoms with Gasteiger partial charge in [-0.1, -0.05) is 41.9 Å². The zero-order valence-electron chi connectivity index (χ0n) is 21.7. The first kappa shape index (κ1) is 27.3. The zero-order valence-corrected chi connectivity index (χ0v) is 23.2. The monoisotopic (exact) mass is 547 g/mol. The third-order valence-electron chi connectivity index (χ3n) is 6.97. The van der Waals surface area contributed by atoms with Crippen LogP contribution in [0, 0.1) is 0 Å². The topological polar surface area (TPSA) is 96.0 Å². The molecule has 0 bridgehead atoms. The molecule has 2 heterocycles. The van der Waals surface area contributed by atoms with Crippen molar-refractivity contribution in [2.45, 2.75) is 57.1 Å². The van der Waals surface area contributed by atoms with E-state index in [2.05, 4.69) is 5.32 Å². The number of benzene rings is 2. The van der Waals surface area contributed by atoms with Gasteiger partial charge in [-0.3, -0.25) is 9.10 Å². The summed E-state index contributed by atoms with van der Waals surface area (Å²) < 4.78 is 31.9. The highest BCUT2D eigenvalue weighted by molar-refractivity contribution is 7.92. The quantitative estimate of drug-likeness (QED) is 0.607. The third-order valence-corrected chi connectivity index (χ3v) is 8.34. The van der Waals surface area contributed by atoms with E-state index in [0.717, 1.165) is 16.8 Å². The molecule has 0 unspecified atom stereocenters. The maximum absolute atomic E-state index is 13.7. The molecular weight excluding hydrogens is 514 g/mol. The van der Waals surface area contributed by atoms with E-state index in [9.17, 15) is 18.0 Å². The van der Waals surface area contributed by atoms with Gasteiger partial charge in [0.15, 0.2) is 0 Å². The van der Waals surface area contributed by atoms with Gasteiger partial charge in [-0.25, -0.2) is 13.2 Å². The number of nitrogens with one attached hydrogen (secondary N) is 1. The van der Waals surface area contributed by atoms with E-state index >= 15 is 0 Å². The summed E-state index contributed by atoms with van der Waals surface area (Å²) in [5.41, 5.74) is 1.55. The van der Waals surface area contributed by atoms with Crippen LogP contribution in [0.25, 0.3) is 0 Å². The summed E-state index contributed by atoms with van der Waals surface area (Å²) in [6.45, 7) is 6.59. The first-order chi connectivity index (χ1) is 17.3. The van der Waals surface area contributed by atoms with E-state index in [4.69, 9.17) is 16.3 Å². The van der Waals surface area contributed by atoms with Gasteiger partial charge in [0.25, 0.3) is 0 Å². The Labute approximate surface area is 224 Å². The fourth-order valence-electron chi connectivity index (χ4n) is 5.19. The summed E-state index contributed by atoms with van der Waals surface area (Å²) in [6, 6.07) is 14.0. The molecule has 8 nitrogen and oxygen atoms in total. The number of para-hydroxylation sites is 1. The molecule has 37 heavy (non-hydrogen) atoms. The van der Waals surface area contributed by atoms with Crippen LogP contribution < -0.4 is 9.62 Å². The second-order valence-corrected chi connectivity index (χ2v) is 13.3. The summed E-state index contributed by atoms with van der Waals surface area (Å²) in [4.78, 5) is 28.0. The highest BCUT2D eigenvalue weighted by atomic mass is 35.5. The lowest BCUT2D eigenvalue weighted by molar-refractivity contribution is -0.135. The van der Waals surface area contributed by atoms with Crippen molar-refractivity contribution in [1.29, 1.82) is 0 Å². The van der Waals surface area contributed by atoms with Crippen LogP contribution in [-0.2, 0) is 31.4 Å². The summed E-state index contributed by atoms with van der Waals surface area (Å²) in [6.07, 6.45) is 2.12. The molecular formula is C27H34ClN3O5S. The smallest absolute Gasteiger partial charge is 0.408 e. The number of anilines is 1. The number of likely N-dealkylation sites (tertiary alicyclic amines) is 1. The number of halogens is 1. The standard InChI is InChI=1S/C27H34ClN3O5S/c1-26(2,3)36-25(33)29-22(17-19-9-11-20(28)12-10-19)24(32)30-15-13-27(14-16-30)18-31(37(4,34)35)23-8-6-5-7-21(23)27/h5-12,22H,13-18H2,1-4H3,(H,29,33)/t22-/m1/s1. The fraction of sp³-hybridized carbons (Fsp3) is 0.481. The van der Waals surface area contributed by atoms with Gasteiger partial charge >= 0.3 is 6.09 Å². The summed E-state index contributed by atoms with van der Waals surface area (Å²) >= 11 is 6.02. The Morgan fingerprint density at radius 2 is 1.70 bits per heavy atom. The molecule has 2 aromatic carbocycles. The summed E-state index contributed by atoms with van der Waals surface area (Å²) in [5, 5.41) is 3.36. The molecule has 1 atom stereocenters. The van der Waals surface area contributed by atoms with E-state index in [-0.39, 0.29) is 11.3 Å². The van der Waals surface area contributed by atoms with Crippen LogP contribution in [0.2, 0.25) is 5.02 Å². The number of rotatable bonds is 5. The van der Waals surface area contributed by atoms with Gasteiger partial charge in [0.05, 0.1) is 11.9 Å². The summed E-state index contributed by atoms with van der Waals surface area (Å²) in [5.74, 6) is -0.193. The van der Waals surface area contributed by atoms with E-state index in [1.807, 2.05) is 36.4 Å². The number of sulfonamides is 1. The van der Waals surface area contributed by atoms with Crippen LogP contribution in [0.3, 0.4) is 0 Å². The lowest BCUT2D eigenvalue weighted by Gasteiger charge is -2.41. The molecule has 0 radical (unpaired) electrons. The number of piperidine rings is 1. The Bertz CT molecular complexity index is 1270. The van der Waals surface area contributed by atoms with Gasteiger partial charge in [0, 0.05) is 36.5 Å². The fourth-order valence-corrected chi connectivity index (χ4v) is 6.31. The Balaban J connectivity index is 1.51. The first-order valence-corrected chi connectivity index (χ1v) is 14.6. The predicted octanol–water partition coefficient (Wildman–Crippen LogP) is 4.12. The van der Waals surface area contributed by atoms with E-state index < -0.39 is 27.8 Å². The van der Waals surface area contributed by atoms with Gasteiger partial charge in [-0.15, -0.1) is 0 Å². The molecule has 2 aliphatic rings. The van der Waals surface area contributed by atoms with E-state index in [0.29, 0.717) is 43.9 Å². The van der Waals surface area contributed by atoms with Crippen molar-refractivity contribution in [1.82, 2.24) is 10.2 Å². The van der Waals surface area contributed by atoms with Gasteiger partial charge in [0.1, 0.15) is 11.6 Å². The molecule has 4 rings (SSSR count). The minimum atomic E-state index is -3.42. The van der Waals surface area contributed by atoms with Crippen LogP contribution >= 0.6 is 11.6 Å². The number of hydrogen-bond acceptors (Lipinski definition) is 5. The number of nitrogens with zero attached hydrogens (tertiary/aromatic N) is 2. The van der Waals surface area contributed by atoms with Crippen LogP contribution in [0.5, 0.6) is 0 Å². The number of carbonyl (C=O) groups is 2. The van der Waals surface area contributed by atoms with Crippen LogP contribution in [0.4, 0.5) is 10.5 Å². The van der Waals surface area contributed by atoms with Gasteiger partial charge in [0.2, 0.25) is 15.9 Å². The van der Waals surface area contributed by atoms with Crippen LogP contribution in [0.1, 0.15) is 44.7 Å². The highest BCUT2D eigenvalue weighted by Gasteiger charge is 2.47. The molecule has 2 aromatic rings. The molecule has 2 amide bonds. The van der Waals surface area contributed by atoms with Crippen molar-refractivity contribution in [3.63, 3.8) is 0 Å². The van der Waals surface area contributed by atoms with Crippen LogP contribution in [-0.4, -0.2) is 62.9 Å². The Morgan fingerprint density at radius 1 is 1.08 bits per heavy atom. The predicted molar refractivity (Wildman–Crippen MR) is 144 cm³/mol. The normalized spacial score (nSPS) is 17.9. The van der Waals surface area contributed by atoms with E-state index in [1.165, 1.54) is 10.6 Å². The van der Waals surface area contributed by atoms with Crippen molar-refractivity contribution < 1.29 is 22.7 Å². The van der Waals surface area contributed by atoms with Crippen molar-refractivity contribution in [3.8, 4) is 0 Å². The second-order valence-electron chi connectivity index (χ2n) is 10.9. The van der Waals surface area contributed by atoms with Gasteiger partial charge in [-0.05, 0) is 62.9 Å². The third kappa shape index (κ3) is 6.21. The zero-order chi connectivity index (χ0) is 27.0. The average molecular weight is 548 g/mol. The number of carbonyl (C=O) groups excluding carboxylic acids is 2. The van der Waals surface area contributed by atoms with E-state index in [1.54, 1.807) is 37.8 Å². The highest BCUT2D eigenvalue weighted by Crippen LogP contribution is 2.47. The number of ether oxygens (including phenoxy) is 1. The average Bonchev–Trinajstić information content (AvgIpc) is 3.13. The van der Waals surface area contributed by atoms with Gasteiger partial charge in [-0.2, -0.15) is 0 Å². The minimum Gasteiger partial charge on any atom is -0.444 e. The van der Waals surface area contributed by atoms with Crippen molar-refractivity contribution >= 4 is 39.3 Å². The molecule has 0 aliphatic carbocycles. The minimum absolute atomic E-state index is 0.193. The van der Waals surface area contributed by atoms with Crippen molar-refractivity contribution in [2.24, 2.45) is 0 Å². The molecule has 0 saturated carbocycles. The number of fused-ring (bicyclic) bond motifs is 2. The van der Waals surface area contributed by atoms with Crippen molar-refractivity contribution in [3.05, 3.63) is 64.7 Å². The maximum Gasteiger partial charge on any atom is 0.408 e. The second kappa shape index (κ2) is 10.2. The van der Waals surface area contributed by atoms with Crippen LogP contribution in [0.15, 0.2) is 48.5 Å². The molecule has 1 saturated heterocycles. The Morgan fingerprint density at radius 3 is 2.30 bits per heavy atom. The SMILES string of the molecule is CC(C)(C)OC(=O)N[C@H](Cc1ccc(Cl)cc1)C(=O)N1CCC2(CC1)CN(S(C)(=O)=O)c1ccccc12. The Kier molecular flexibility index (Phi) is 7.50. The van der Waals surface area contributed by atoms with Gasteiger partial charge < -0.3 is 15.0 Å². The first-order valence-electron chi connectivity index (χ1n) is 12.4. The molecule has 200 valence electrons. The molecule has 1 N–H and O–H groups in total. The summed E-state index contributed by atoms with van der Waals surface area (Å²) in [7, 11) is -3.42. The number of hydrogen-bond donors (Lipinski definition) is 1. The number of alkyl carbamates (subject to hydrolysis) is 1. The molecule has 0 aromatic heterocycles. The largest absolute Gasteiger partial charge is 0.444 e. The lowest BCUT2D eigenvalue weighted by atomic mass is 9.74.